The summed E-state index contributed by atoms with van der Waals surface area (Å²) >= 11 is 0. The van der Waals surface area contributed by atoms with E-state index in [0.717, 1.165) is 0 Å². The van der Waals surface area contributed by atoms with Crippen LogP contribution in [0.3, 0.4) is 0 Å². The first-order valence-electron chi connectivity index (χ1n) is 3.21. The highest BCUT2D eigenvalue weighted by Crippen LogP contribution is 2.12. The average molecular weight is 132 g/mol. The Balaban J connectivity index is 2.30. The van der Waals surface area contributed by atoms with E-state index in [1.807, 2.05) is 0 Å². The van der Waals surface area contributed by atoms with Gasteiger partial charge in [0.2, 0.25) is 0 Å². The van der Waals surface area contributed by atoms with Crippen LogP contribution in [0.25, 0.3) is 0 Å². The summed E-state index contributed by atoms with van der Waals surface area (Å²) in [5.41, 5.74) is 0. The Kier molecular flexibility index (Phi) is 2.45. The fourth-order valence-corrected chi connectivity index (χ4v) is 0.960. The number of aliphatic hydroxyl groups is 2. The van der Waals surface area contributed by atoms with Crippen molar-refractivity contribution in [1.29, 1.82) is 0 Å². The van der Waals surface area contributed by atoms with Gasteiger partial charge >= 0.3 is 0 Å². The molecule has 0 aromatic carbocycles. The monoisotopic (exact) mass is 132 g/mol. The molecule has 0 aromatic heterocycles. The summed E-state index contributed by atoms with van der Waals surface area (Å²) in [6.07, 6.45) is 0.300. The van der Waals surface area contributed by atoms with Gasteiger partial charge in [-0.25, -0.2) is 0 Å². The van der Waals surface area contributed by atoms with E-state index in [4.69, 9.17) is 14.9 Å². The highest BCUT2D eigenvalue weighted by molar-refractivity contribution is 4.70. The minimum Gasteiger partial charge on any atom is -0.396 e. The smallest absolute Gasteiger partial charge is 0.0634 e. The van der Waals surface area contributed by atoms with Crippen molar-refractivity contribution in [2.75, 3.05) is 19.8 Å². The van der Waals surface area contributed by atoms with Crippen molar-refractivity contribution in [3.8, 4) is 0 Å². The Labute approximate surface area is 54.3 Å². The molecule has 0 aromatic rings. The number of hydrogen-bond acceptors (Lipinski definition) is 3. The molecule has 0 bridgehead atoms. The molecule has 0 amide bonds. The van der Waals surface area contributed by atoms with Gasteiger partial charge in [-0.15, -0.1) is 0 Å². The van der Waals surface area contributed by atoms with Crippen LogP contribution in [0.4, 0.5) is 0 Å². The predicted octanol–water partition coefficient (Wildman–Crippen LogP) is -0.624. The van der Waals surface area contributed by atoms with Crippen molar-refractivity contribution < 1.29 is 14.9 Å². The quantitative estimate of drug-likeness (QED) is 0.499. The van der Waals surface area contributed by atoms with Crippen molar-refractivity contribution in [3.63, 3.8) is 0 Å². The zero-order valence-electron chi connectivity index (χ0n) is 5.29. The maximum atomic E-state index is 9.13. The molecular formula is C6H12O3. The minimum atomic E-state index is -0.358. The molecule has 0 radical (unpaired) electrons. The first kappa shape index (κ1) is 6.99. The Morgan fingerprint density at radius 2 is 2.33 bits per heavy atom. The fraction of sp³-hybridized carbons (Fsp3) is 1.00. The topological polar surface area (TPSA) is 49.7 Å². The van der Waals surface area contributed by atoms with Gasteiger partial charge in [0.05, 0.1) is 19.3 Å². The minimum absolute atomic E-state index is 0.0289. The summed E-state index contributed by atoms with van der Waals surface area (Å²) in [5, 5.41) is 17.8. The normalized spacial score (nSPS) is 36.7. The summed E-state index contributed by atoms with van der Waals surface area (Å²) in [6, 6.07) is 0. The van der Waals surface area contributed by atoms with Gasteiger partial charge in [0, 0.05) is 12.5 Å². The van der Waals surface area contributed by atoms with Crippen LogP contribution in [0.15, 0.2) is 0 Å². The molecule has 1 rings (SSSR count). The third-order valence-corrected chi connectivity index (χ3v) is 1.67. The van der Waals surface area contributed by atoms with Crippen LogP contribution in [0, 0.1) is 5.92 Å². The van der Waals surface area contributed by atoms with Gasteiger partial charge in [0.25, 0.3) is 0 Å². The zero-order valence-corrected chi connectivity index (χ0v) is 5.29. The van der Waals surface area contributed by atoms with Crippen molar-refractivity contribution in [1.82, 2.24) is 0 Å². The van der Waals surface area contributed by atoms with Crippen LogP contribution in [0.5, 0.6) is 0 Å². The number of rotatable bonds is 1. The lowest BCUT2D eigenvalue weighted by Gasteiger charge is -2.25. The molecule has 2 atom stereocenters. The molecule has 3 nitrogen and oxygen atoms in total. The highest BCUT2D eigenvalue weighted by Gasteiger charge is 2.22. The van der Waals surface area contributed by atoms with Gasteiger partial charge in [0.15, 0.2) is 0 Å². The second-order valence-electron chi connectivity index (χ2n) is 2.37. The van der Waals surface area contributed by atoms with E-state index in [-0.39, 0.29) is 18.6 Å². The van der Waals surface area contributed by atoms with Crippen LogP contribution in [-0.2, 0) is 4.74 Å². The summed E-state index contributed by atoms with van der Waals surface area (Å²) < 4.78 is 5.02. The van der Waals surface area contributed by atoms with Crippen molar-refractivity contribution in [3.05, 3.63) is 0 Å². The van der Waals surface area contributed by atoms with Gasteiger partial charge < -0.3 is 14.9 Å². The molecule has 0 unspecified atom stereocenters. The molecule has 1 aliphatic heterocycles. The second kappa shape index (κ2) is 3.15. The van der Waals surface area contributed by atoms with Crippen molar-refractivity contribution in [2.45, 2.75) is 12.5 Å². The molecule has 0 saturated carbocycles. The van der Waals surface area contributed by atoms with Gasteiger partial charge in [-0.1, -0.05) is 0 Å². The molecule has 9 heavy (non-hydrogen) atoms. The molecule has 1 fully saturated rings. The Hall–Kier alpha value is -0.120. The Morgan fingerprint density at radius 3 is 2.78 bits per heavy atom. The van der Waals surface area contributed by atoms with E-state index in [9.17, 15) is 0 Å². The molecule has 1 heterocycles. The van der Waals surface area contributed by atoms with Crippen molar-refractivity contribution >= 4 is 0 Å². The van der Waals surface area contributed by atoms with Gasteiger partial charge in [-0.05, 0) is 6.42 Å². The van der Waals surface area contributed by atoms with Crippen LogP contribution in [0.2, 0.25) is 0 Å². The molecule has 2 N–H and O–H groups in total. The highest BCUT2D eigenvalue weighted by atomic mass is 16.5. The maximum Gasteiger partial charge on any atom is 0.0634 e. The fourth-order valence-electron chi connectivity index (χ4n) is 0.960. The third-order valence-electron chi connectivity index (χ3n) is 1.67. The van der Waals surface area contributed by atoms with E-state index < -0.39 is 0 Å². The molecular weight excluding hydrogens is 120 g/mol. The zero-order chi connectivity index (χ0) is 6.69. The van der Waals surface area contributed by atoms with E-state index >= 15 is 0 Å². The molecule has 1 aliphatic rings. The lowest BCUT2D eigenvalue weighted by atomic mass is 10.0. The maximum absolute atomic E-state index is 9.13. The van der Waals surface area contributed by atoms with E-state index in [1.54, 1.807) is 0 Å². The average Bonchev–Trinajstić information content (AvgIpc) is 1.89. The first-order chi connectivity index (χ1) is 4.34. The van der Waals surface area contributed by atoms with E-state index in [0.29, 0.717) is 19.6 Å². The summed E-state index contributed by atoms with van der Waals surface area (Å²) in [7, 11) is 0. The van der Waals surface area contributed by atoms with Crippen LogP contribution < -0.4 is 0 Å². The molecule has 54 valence electrons. The Bertz CT molecular complexity index is 84.4. The molecule has 3 heteroatoms. The summed E-state index contributed by atoms with van der Waals surface area (Å²) in [5.74, 6) is -0.0567. The van der Waals surface area contributed by atoms with Crippen LogP contribution in [-0.4, -0.2) is 36.1 Å². The number of aliphatic hydroxyl groups excluding tert-OH is 2. The van der Waals surface area contributed by atoms with Crippen molar-refractivity contribution in [2.24, 2.45) is 5.92 Å². The first-order valence-corrected chi connectivity index (χ1v) is 3.21. The largest absolute Gasteiger partial charge is 0.396 e. The predicted molar refractivity (Wildman–Crippen MR) is 32.0 cm³/mol. The second-order valence-corrected chi connectivity index (χ2v) is 2.37. The molecule has 0 aliphatic carbocycles. The van der Waals surface area contributed by atoms with Gasteiger partial charge in [0.1, 0.15) is 0 Å². The van der Waals surface area contributed by atoms with E-state index in [2.05, 4.69) is 0 Å². The number of ether oxygens (including phenoxy) is 1. The third kappa shape index (κ3) is 1.64. The van der Waals surface area contributed by atoms with Gasteiger partial charge in [-0.3, -0.25) is 0 Å². The van der Waals surface area contributed by atoms with Crippen LogP contribution >= 0.6 is 0 Å². The molecule has 0 spiro atoms. The summed E-state index contributed by atoms with van der Waals surface area (Å²) in [6.45, 7) is 1.15. The van der Waals surface area contributed by atoms with E-state index in [1.165, 1.54) is 0 Å². The standard InChI is InChI=1S/C6H12O3/c7-3-5-4-9-2-1-6(5)8/h5-8H,1-4H2/t5-,6-/m0/s1. The van der Waals surface area contributed by atoms with Crippen LogP contribution in [0.1, 0.15) is 6.42 Å². The number of hydrogen-bond donors (Lipinski definition) is 2. The Morgan fingerprint density at radius 1 is 1.56 bits per heavy atom. The SMILES string of the molecule is OC[C@H]1COCC[C@@H]1O. The lowest BCUT2D eigenvalue weighted by Crippen LogP contribution is -2.33. The summed E-state index contributed by atoms with van der Waals surface area (Å²) in [4.78, 5) is 0. The van der Waals surface area contributed by atoms with Gasteiger partial charge in [-0.2, -0.15) is 0 Å². The lowest BCUT2D eigenvalue weighted by molar-refractivity contribution is -0.0535. The molecule has 1 saturated heterocycles.